The van der Waals surface area contributed by atoms with E-state index in [9.17, 15) is 4.79 Å². The maximum Gasteiger partial charge on any atom is 0.371 e. The van der Waals surface area contributed by atoms with Crippen molar-refractivity contribution in [2.45, 2.75) is 39.2 Å². The molecular weight excluding hydrogens is 296 g/mol. The molecule has 0 spiro atoms. The predicted molar refractivity (Wildman–Crippen MR) is 86.4 cm³/mol. The maximum atomic E-state index is 10.9. The van der Waals surface area contributed by atoms with Crippen LogP contribution < -0.4 is 9.47 Å². The number of aromatic carboxylic acids is 1. The lowest BCUT2D eigenvalue weighted by Crippen LogP contribution is -2.14. The van der Waals surface area contributed by atoms with Gasteiger partial charge in [-0.1, -0.05) is 20.8 Å². The lowest BCUT2D eigenvalue weighted by Gasteiger charge is -2.25. The van der Waals surface area contributed by atoms with Crippen molar-refractivity contribution in [3.05, 3.63) is 47.4 Å². The average Bonchev–Trinajstić information content (AvgIpc) is 2.96. The lowest BCUT2D eigenvalue weighted by atomic mass is 9.86. The van der Waals surface area contributed by atoms with Crippen LogP contribution in [0.25, 0.3) is 0 Å². The number of carboxylic acids is 1. The molecule has 2 rings (SSSR count). The molecule has 0 bridgehead atoms. The third-order valence-corrected chi connectivity index (χ3v) is 3.54. The van der Waals surface area contributed by atoms with Crippen molar-refractivity contribution >= 4 is 5.97 Å². The number of hydrogen-bond acceptors (Lipinski definition) is 4. The Morgan fingerprint density at radius 2 is 1.91 bits per heavy atom. The van der Waals surface area contributed by atoms with Crippen LogP contribution in [0.2, 0.25) is 0 Å². The first-order chi connectivity index (χ1) is 10.7. The normalized spacial score (nSPS) is 12.7. The molecule has 5 heteroatoms. The van der Waals surface area contributed by atoms with E-state index >= 15 is 0 Å². The smallest absolute Gasteiger partial charge is 0.371 e. The van der Waals surface area contributed by atoms with Crippen molar-refractivity contribution in [3.8, 4) is 11.5 Å². The van der Waals surface area contributed by atoms with Crippen LogP contribution in [0.4, 0.5) is 0 Å². The van der Waals surface area contributed by atoms with E-state index in [2.05, 4.69) is 20.8 Å². The molecule has 1 aromatic heterocycles. The van der Waals surface area contributed by atoms with Gasteiger partial charge in [-0.05, 0) is 42.7 Å². The Labute approximate surface area is 135 Å². The van der Waals surface area contributed by atoms with Crippen molar-refractivity contribution < 1.29 is 23.8 Å². The van der Waals surface area contributed by atoms with E-state index in [0.717, 1.165) is 17.1 Å². The Kier molecular flexibility index (Phi) is 4.68. The minimum absolute atomic E-state index is 0.0961. The Morgan fingerprint density at radius 1 is 1.22 bits per heavy atom. The van der Waals surface area contributed by atoms with Gasteiger partial charge in [0.05, 0.1) is 7.11 Å². The lowest BCUT2D eigenvalue weighted by molar-refractivity contribution is 0.0655. The summed E-state index contributed by atoms with van der Waals surface area (Å²) in [6.07, 6.45) is -0.405. The third kappa shape index (κ3) is 3.86. The number of furan rings is 1. The summed E-state index contributed by atoms with van der Waals surface area (Å²) in [7, 11) is 1.63. The second kappa shape index (κ2) is 6.36. The van der Waals surface area contributed by atoms with Gasteiger partial charge in [-0.2, -0.15) is 0 Å². The first kappa shape index (κ1) is 16.9. The number of carbonyl (C=O) groups is 1. The highest BCUT2D eigenvalue weighted by atomic mass is 16.5. The van der Waals surface area contributed by atoms with Gasteiger partial charge in [0.1, 0.15) is 17.3 Å². The SMILES string of the molecule is COc1ccc(OC(C)c2ccc(C(=O)O)o2)c(C(C)(C)C)c1. The molecule has 124 valence electrons. The van der Waals surface area contributed by atoms with Crippen molar-refractivity contribution in [3.63, 3.8) is 0 Å². The van der Waals surface area contributed by atoms with Crippen LogP contribution in [0, 0.1) is 0 Å². The molecule has 1 aromatic carbocycles. The van der Waals surface area contributed by atoms with E-state index in [1.54, 1.807) is 13.2 Å². The van der Waals surface area contributed by atoms with E-state index in [4.69, 9.17) is 19.0 Å². The Bertz CT molecular complexity index is 694. The number of rotatable bonds is 5. The number of ether oxygens (including phenoxy) is 2. The third-order valence-electron chi connectivity index (χ3n) is 3.54. The number of benzene rings is 1. The topological polar surface area (TPSA) is 68.9 Å². The van der Waals surface area contributed by atoms with E-state index < -0.39 is 12.1 Å². The largest absolute Gasteiger partial charge is 0.497 e. The first-order valence-electron chi connectivity index (χ1n) is 7.40. The fourth-order valence-corrected chi connectivity index (χ4v) is 2.26. The van der Waals surface area contributed by atoms with Gasteiger partial charge < -0.3 is 19.0 Å². The van der Waals surface area contributed by atoms with Gasteiger partial charge in [0, 0.05) is 5.56 Å². The van der Waals surface area contributed by atoms with Gasteiger partial charge in [0.25, 0.3) is 0 Å². The van der Waals surface area contributed by atoms with E-state index in [1.807, 2.05) is 25.1 Å². The molecule has 0 saturated carbocycles. The average molecular weight is 318 g/mol. The zero-order valence-corrected chi connectivity index (χ0v) is 14.0. The van der Waals surface area contributed by atoms with Gasteiger partial charge in [-0.15, -0.1) is 0 Å². The molecule has 2 aromatic rings. The second-order valence-electron chi connectivity index (χ2n) is 6.38. The van der Waals surface area contributed by atoms with Crippen molar-refractivity contribution in [1.82, 2.24) is 0 Å². The molecule has 1 atom stereocenters. The van der Waals surface area contributed by atoms with Crippen molar-refractivity contribution in [2.24, 2.45) is 0 Å². The summed E-state index contributed by atoms with van der Waals surface area (Å²) in [6.45, 7) is 8.10. The molecule has 0 saturated heterocycles. The van der Waals surface area contributed by atoms with Gasteiger partial charge in [-0.25, -0.2) is 4.79 Å². The van der Waals surface area contributed by atoms with Crippen LogP contribution in [0.3, 0.4) is 0 Å². The summed E-state index contributed by atoms with van der Waals surface area (Å²) in [5, 5.41) is 8.93. The standard InChI is InChI=1S/C18H22O5/c1-11(14-8-9-16(23-14)17(19)20)22-15-7-6-12(21-5)10-13(15)18(2,3)4/h6-11H,1-5H3,(H,19,20). The zero-order chi connectivity index (χ0) is 17.2. The Balaban J connectivity index is 2.29. The van der Waals surface area contributed by atoms with Gasteiger partial charge >= 0.3 is 5.97 Å². The Morgan fingerprint density at radius 3 is 2.43 bits per heavy atom. The van der Waals surface area contributed by atoms with Crippen LogP contribution in [-0.4, -0.2) is 18.2 Å². The van der Waals surface area contributed by atoms with Gasteiger partial charge in [0.2, 0.25) is 5.76 Å². The van der Waals surface area contributed by atoms with Crippen molar-refractivity contribution in [2.75, 3.05) is 7.11 Å². The summed E-state index contributed by atoms with van der Waals surface area (Å²) in [6, 6.07) is 8.69. The van der Waals surface area contributed by atoms with Crippen LogP contribution >= 0.6 is 0 Å². The van der Waals surface area contributed by atoms with E-state index in [0.29, 0.717) is 5.76 Å². The molecule has 1 N–H and O–H groups in total. The zero-order valence-electron chi connectivity index (χ0n) is 14.0. The summed E-state index contributed by atoms with van der Waals surface area (Å²) in [5.41, 5.74) is 0.882. The number of carboxylic acid groups (broad SMARTS) is 1. The highest BCUT2D eigenvalue weighted by Gasteiger charge is 2.23. The molecule has 0 fully saturated rings. The molecule has 5 nitrogen and oxygen atoms in total. The molecule has 23 heavy (non-hydrogen) atoms. The maximum absolute atomic E-state index is 10.9. The summed E-state index contributed by atoms with van der Waals surface area (Å²) in [5.74, 6) is 0.766. The van der Waals surface area contributed by atoms with Gasteiger partial charge in [0.15, 0.2) is 6.10 Å². The highest BCUT2D eigenvalue weighted by Crippen LogP contribution is 2.36. The molecule has 1 heterocycles. The first-order valence-corrected chi connectivity index (χ1v) is 7.40. The second-order valence-corrected chi connectivity index (χ2v) is 6.38. The molecule has 1 unspecified atom stereocenters. The number of methoxy groups -OCH3 is 1. The minimum atomic E-state index is -1.09. The van der Waals surface area contributed by atoms with Crippen LogP contribution in [0.5, 0.6) is 11.5 Å². The molecule has 0 aliphatic heterocycles. The minimum Gasteiger partial charge on any atom is -0.497 e. The molecule has 0 aliphatic rings. The van der Waals surface area contributed by atoms with E-state index in [-0.39, 0.29) is 11.2 Å². The highest BCUT2D eigenvalue weighted by molar-refractivity contribution is 5.84. The van der Waals surface area contributed by atoms with Crippen LogP contribution in [0.15, 0.2) is 34.7 Å². The Hall–Kier alpha value is -2.43. The molecule has 0 amide bonds. The van der Waals surface area contributed by atoms with E-state index in [1.165, 1.54) is 6.07 Å². The fourth-order valence-electron chi connectivity index (χ4n) is 2.26. The van der Waals surface area contributed by atoms with Crippen molar-refractivity contribution in [1.29, 1.82) is 0 Å². The number of hydrogen-bond donors (Lipinski definition) is 1. The summed E-state index contributed by atoms with van der Waals surface area (Å²) >= 11 is 0. The quantitative estimate of drug-likeness (QED) is 0.883. The molecule has 0 aliphatic carbocycles. The summed E-state index contributed by atoms with van der Waals surface area (Å²) in [4.78, 5) is 10.9. The van der Waals surface area contributed by atoms with Gasteiger partial charge in [-0.3, -0.25) is 0 Å². The summed E-state index contributed by atoms with van der Waals surface area (Å²) < 4.78 is 16.6. The van der Waals surface area contributed by atoms with Crippen LogP contribution in [-0.2, 0) is 5.41 Å². The molecule has 0 radical (unpaired) electrons. The van der Waals surface area contributed by atoms with Crippen LogP contribution in [0.1, 0.15) is 55.7 Å². The predicted octanol–water partition coefficient (Wildman–Crippen LogP) is 4.42. The fraction of sp³-hybridized carbons (Fsp3) is 0.389. The molecular formula is C18H22O5. The monoisotopic (exact) mass is 318 g/mol.